The molecule has 162 valence electrons. The lowest BCUT2D eigenvalue weighted by Gasteiger charge is -2.34. The summed E-state index contributed by atoms with van der Waals surface area (Å²) >= 11 is 0. The van der Waals surface area contributed by atoms with Crippen molar-refractivity contribution in [2.45, 2.75) is 37.5 Å². The molecule has 0 aliphatic carbocycles. The zero-order valence-corrected chi connectivity index (χ0v) is 17.4. The Balaban J connectivity index is 1.55. The molecule has 0 atom stereocenters. The van der Waals surface area contributed by atoms with E-state index in [0.29, 0.717) is 18.1 Å². The topological polar surface area (TPSA) is 140 Å². The summed E-state index contributed by atoms with van der Waals surface area (Å²) in [5.41, 5.74) is -0.284. The van der Waals surface area contributed by atoms with Gasteiger partial charge in [0.25, 0.3) is 5.69 Å². The summed E-state index contributed by atoms with van der Waals surface area (Å²) in [7, 11) is -3.87. The first-order valence-corrected chi connectivity index (χ1v) is 11.1. The number of nitro benzene ring substituents is 1. The molecule has 12 heteroatoms. The molecule has 0 spiro atoms. The maximum absolute atomic E-state index is 12.8. The van der Waals surface area contributed by atoms with Crippen molar-refractivity contribution in [3.05, 3.63) is 46.1 Å². The van der Waals surface area contributed by atoms with E-state index in [-0.39, 0.29) is 49.1 Å². The first kappa shape index (κ1) is 21.8. The Morgan fingerprint density at radius 2 is 1.97 bits per heavy atom. The maximum atomic E-state index is 12.8. The summed E-state index contributed by atoms with van der Waals surface area (Å²) in [5, 5.41) is 14.8. The number of aromatic nitrogens is 2. The van der Waals surface area contributed by atoms with Gasteiger partial charge in [-0.15, -0.1) is 0 Å². The van der Waals surface area contributed by atoms with Gasteiger partial charge in [-0.1, -0.05) is 18.1 Å². The van der Waals surface area contributed by atoms with Crippen molar-refractivity contribution < 1.29 is 22.7 Å². The number of aryl methyl sites for hydroxylation is 2. The van der Waals surface area contributed by atoms with E-state index in [0.717, 1.165) is 18.9 Å². The molecule has 1 aromatic heterocycles. The number of benzene rings is 1. The number of hydrogen-bond acceptors (Lipinski definition) is 8. The van der Waals surface area contributed by atoms with Crippen LogP contribution in [0.15, 0.2) is 33.7 Å². The van der Waals surface area contributed by atoms with Gasteiger partial charge in [0.15, 0.2) is 5.82 Å². The fourth-order valence-corrected chi connectivity index (χ4v) is 4.64. The average Bonchev–Trinajstić information content (AvgIpc) is 3.20. The van der Waals surface area contributed by atoms with E-state index in [1.54, 1.807) is 4.90 Å². The van der Waals surface area contributed by atoms with Crippen molar-refractivity contribution in [3.8, 4) is 0 Å². The van der Waals surface area contributed by atoms with E-state index < -0.39 is 14.9 Å². The summed E-state index contributed by atoms with van der Waals surface area (Å²) in [4.78, 5) is 28.4. The number of nitro groups is 1. The molecule has 0 bridgehead atoms. The normalized spacial score (nSPS) is 15.3. The van der Waals surface area contributed by atoms with Gasteiger partial charge in [-0.25, -0.2) is 8.42 Å². The van der Waals surface area contributed by atoms with Crippen molar-refractivity contribution in [1.29, 1.82) is 0 Å². The van der Waals surface area contributed by atoms with E-state index in [2.05, 4.69) is 10.1 Å². The molecular formula is C18H23N5O6S. The fraction of sp³-hybridized carbons (Fsp3) is 0.500. The van der Waals surface area contributed by atoms with Crippen molar-refractivity contribution in [1.82, 2.24) is 19.3 Å². The van der Waals surface area contributed by atoms with Crippen LogP contribution in [0.3, 0.4) is 0 Å². The van der Waals surface area contributed by atoms with Crippen molar-refractivity contribution >= 4 is 21.6 Å². The number of carbonyl (C=O) groups is 1. The number of non-ortho nitro benzene ring substituents is 1. The smallest absolute Gasteiger partial charge is 0.270 e. The Hall–Kier alpha value is -2.86. The Morgan fingerprint density at radius 1 is 1.23 bits per heavy atom. The monoisotopic (exact) mass is 437 g/mol. The molecule has 0 saturated carbocycles. The van der Waals surface area contributed by atoms with Crippen LogP contribution < -0.4 is 0 Å². The van der Waals surface area contributed by atoms with Crippen LogP contribution in [-0.4, -0.2) is 64.8 Å². The number of nitrogens with zero attached hydrogens (tertiary/aromatic N) is 5. The molecule has 1 aromatic carbocycles. The van der Waals surface area contributed by atoms with Gasteiger partial charge in [0, 0.05) is 57.6 Å². The first-order valence-electron chi connectivity index (χ1n) is 9.65. The van der Waals surface area contributed by atoms with E-state index in [1.807, 2.05) is 6.92 Å². The van der Waals surface area contributed by atoms with E-state index in [9.17, 15) is 23.3 Å². The minimum atomic E-state index is -3.87. The van der Waals surface area contributed by atoms with Crippen LogP contribution in [0.2, 0.25) is 0 Å². The van der Waals surface area contributed by atoms with Crippen LogP contribution in [0, 0.1) is 10.1 Å². The molecule has 1 fully saturated rings. The number of carbonyl (C=O) groups excluding carboxylic acids is 1. The van der Waals surface area contributed by atoms with Gasteiger partial charge in [-0.3, -0.25) is 14.9 Å². The minimum Gasteiger partial charge on any atom is -0.340 e. The molecule has 0 radical (unpaired) electrons. The highest BCUT2D eigenvalue weighted by atomic mass is 32.2. The van der Waals surface area contributed by atoms with Gasteiger partial charge < -0.3 is 9.42 Å². The molecule has 30 heavy (non-hydrogen) atoms. The van der Waals surface area contributed by atoms with Crippen LogP contribution in [-0.2, 0) is 27.7 Å². The van der Waals surface area contributed by atoms with Gasteiger partial charge >= 0.3 is 0 Å². The lowest BCUT2D eigenvalue weighted by atomic mass is 10.2. The SMILES string of the molecule is CCCc1noc(CCC(=O)N2CCN(S(=O)(=O)c3cccc([N+](=O)[O-])c3)CC2)n1. The lowest BCUT2D eigenvalue weighted by molar-refractivity contribution is -0.385. The number of piperazine rings is 1. The van der Waals surface area contributed by atoms with Gasteiger partial charge in [-0.2, -0.15) is 9.29 Å². The van der Waals surface area contributed by atoms with E-state index >= 15 is 0 Å². The minimum absolute atomic E-state index is 0.113. The number of hydrogen-bond donors (Lipinski definition) is 0. The number of amides is 1. The molecule has 2 aromatic rings. The Labute approximate surface area is 173 Å². The number of sulfonamides is 1. The second-order valence-electron chi connectivity index (χ2n) is 6.89. The predicted molar refractivity (Wildman–Crippen MR) is 105 cm³/mol. The van der Waals surface area contributed by atoms with Crippen LogP contribution >= 0.6 is 0 Å². The van der Waals surface area contributed by atoms with Gasteiger partial charge in [-0.05, 0) is 12.5 Å². The third kappa shape index (κ3) is 5.00. The van der Waals surface area contributed by atoms with E-state index in [4.69, 9.17) is 4.52 Å². The second kappa shape index (κ2) is 9.30. The third-order valence-electron chi connectivity index (χ3n) is 4.79. The lowest BCUT2D eigenvalue weighted by Crippen LogP contribution is -2.50. The average molecular weight is 437 g/mol. The molecular weight excluding hydrogens is 414 g/mol. The molecule has 11 nitrogen and oxygen atoms in total. The highest BCUT2D eigenvalue weighted by Gasteiger charge is 2.31. The fourth-order valence-electron chi connectivity index (χ4n) is 3.17. The molecule has 0 N–H and O–H groups in total. The van der Waals surface area contributed by atoms with E-state index in [1.165, 1.54) is 22.5 Å². The summed E-state index contributed by atoms with van der Waals surface area (Å²) in [5.74, 6) is 0.927. The molecule has 0 unspecified atom stereocenters. The maximum Gasteiger partial charge on any atom is 0.270 e. The Morgan fingerprint density at radius 3 is 2.63 bits per heavy atom. The molecule has 1 aliphatic rings. The Bertz CT molecular complexity index is 1010. The predicted octanol–water partition coefficient (Wildman–Crippen LogP) is 1.40. The quantitative estimate of drug-likeness (QED) is 0.446. The zero-order chi connectivity index (χ0) is 21.7. The highest BCUT2D eigenvalue weighted by Crippen LogP contribution is 2.22. The first-order chi connectivity index (χ1) is 14.3. The summed E-state index contributed by atoms with van der Waals surface area (Å²) in [6.45, 7) is 2.75. The highest BCUT2D eigenvalue weighted by molar-refractivity contribution is 7.89. The molecule has 1 amide bonds. The molecule has 1 aliphatic heterocycles. The van der Waals surface area contributed by atoms with Crippen molar-refractivity contribution in [2.24, 2.45) is 0 Å². The summed E-state index contributed by atoms with van der Waals surface area (Å²) in [6.07, 6.45) is 2.16. The van der Waals surface area contributed by atoms with Crippen LogP contribution in [0.5, 0.6) is 0 Å². The van der Waals surface area contributed by atoms with Gasteiger partial charge in [0.1, 0.15) is 0 Å². The van der Waals surface area contributed by atoms with Gasteiger partial charge in [0.05, 0.1) is 9.82 Å². The van der Waals surface area contributed by atoms with Crippen LogP contribution in [0.4, 0.5) is 5.69 Å². The van der Waals surface area contributed by atoms with Gasteiger partial charge in [0.2, 0.25) is 21.8 Å². The zero-order valence-electron chi connectivity index (χ0n) is 16.6. The standard InChI is InChI=1S/C18H23N5O6S/c1-2-4-16-19-17(29-20-16)7-8-18(24)21-9-11-22(12-10-21)30(27,28)15-6-3-5-14(13-15)23(25)26/h3,5-6,13H,2,4,7-12H2,1H3. The van der Waals surface area contributed by atoms with Crippen LogP contribution in [0.1, 0.15) is 31.5 Å². The summed E-state index contributed by atoms with van der Waals surface area (Å²) in [6, 6.07) is 4.96. The third-order valence-corrected chi connectivity index (χ3v) is 6.69. The second-order valence-corrected chi connectivity index (χ2v) is 8.83. The van der Waals surface area contributed by atoms with Crippen molar-refractivity contribution in [3.63, 3.8) is 0 Å². The molecule has 3 rings (SSSR count). The largest absolute Gasteiger partial charge is 0.340 e. The molecule has 2 heterocycles. The number of rotatable bonds is 8. The summed E-state index contributed by atoms with van der Waals surface area (Å²) < 4.78 is 31.9. The molecule has 1 saturated heterocycles. The Kier molecular flexibility index (Phi) is 6.77. The van der Waals surface area contributed by atoms with Crippen LogP contribution in [0.25, 0.3) is 0 Å². The van der Waals surface area contributed by atoms with Crippen molar-refractivity contribution in [2.75, 3.05) is 26.2 Å².